The molecule has 4 nitrogen and oxygen atoms in total. The fraction of sp³-hybridized carbons (Fsp3) is 0.750. The van der Waals surface area contributed by atoms with Crippen molar-refractivity contribution < 1.29 is 9.53 Å². The lowest BCUT2D eigenvalue weighted by Gasteiger charge is -2.15. The molecule has 4 heteroatoms. The highest BCUT2D eigenvalue weighted by atomic mass is 16.5. The van der Waals surface area contributed by atoms with Crippen molar-refractivity contribution in [1.82, 2.24) is 10.2 Å². The standard InChI is InChI=1S/C12H20N2O2/c1-4-5-12(15)14-7-10(6-13-2)11(8-14)9-16-3/h10-11,13H,6-9H2,1-3H3. The van der Waals surface area contributed by atoms with E-state index in [-0.39, 0.29) is 5.91 Å². The summed E-state index contributed by atoms with van der Waals surface area (Å²) in [6, 6.07) is 0. The van der Waals surface area contributed by atoms with Gasteiger partial charge in [0.2, 0.25) is 0 Å². The third-order valence-electron chi connectivity index (χ3n) is 2.94. The lowest BCUT2D eigenvalue weighted by atomic mass is 9.97. The zero-order valence-electron chi connectivity index (χ0n) is 10.2. The van der Waals surface area contributed by atoms with Gasteiger partial charge in [0.05, 0.1) is 6.61 Å². The van der Waals surface area contributed by atoms with Crippen molar-refractivity contribution in [3.05, 3.63) is 0 Å². The van der Waals surface area contributed by atoms with Crippen molar-refractivity contribution in [3.63, 3.8) is 0 Å². The Morgan fingerprint density at radius 3 is 2.75 bits per heavy atom. The first-order chi connectivity index (χ1) is 7.72. The van der Waals surface area contributed by atoms with Gasteiger partial charge in [-0.3, -0.25) is 4.79 Å². The van der Waals surface area contributed by atoms with Gasteiger partial charge in [-0.25, -0.2) is 0 Å². The Kier molecular flexibility index (Phi) is 5.30. The molecule has 0 saturated carbocycles. The maximum Gasteiger partial charge on any atom is 0.298 e. The van der Waals surface area contributed by atoms with Crippen molar-refractivity contribution in [2.45, 2.75) is 6.92 Å². The maximum atomic E-state index is 11.6. The first-order valence-electron chi connectivity index (χ1n) is 5.58. The number of hydrogen-bond acceptors (Lipinski definition) is 3. The van der Waals surface area contributed by atoms with Gasteiger partial charge in [-0.15, -0.1) is 0 Å². The Bertz CT molecular complexity index is 279. The van der Waals surface area contributed by atoms with E-state index in [1.54, 1.807) is 14.0 Å². The fourth-order valence-corrected chi connectivity index (χ4v) is 2.19. The van der Waals surface area contributed by atoms with E-state index in [2.05, 4.69) is 17.2 Å². The number of likely N-dealkylation sites (tertiary alicyclic amines) is 1. The van der Waals surface area contributed by atoms with Gasteiger partial charge in [0.25, 0.3) is 5.91 Å². The summed E-state index contributed by atoms with van der Waals surface area (Å²) in [5.41, 5.74) is 0. The van der Waals surface area contributed by atoms with E-state index in [1.807, 2.05) is 11.9 Å². The molecule has 1 aliphatic heterocycles. The van der Waals surface area contributed by atoms with Crippen molar-refractivity contribution in [1.29, 1.82) is 0 Å². The van der Waals surface area contributed by atoms with Gasteiger partial charge >= 0.3 is 0 Å². The zero-order valence-corrected chi connectivity index (χ0v) is 10.2. The highest BCUT2D eigenvalue weighted by Gasteiger charge is 2.34. The first-order valence-corrected chi connectivity index (χ1v) is 5.58. The second kappa shape index (κ2) is 6.51. The van der Waals surface area contributed by atoms with Crippen molar-refractivity contribution >= 4 is 5.91 Å². The highest BCUT2D eigenvalue weighted by Crippen LogP contribution is 2.23. The van der Waals surface area contributed by atoms with Crippen molar-refractivity contribution in [2.24, 2.45) is 11.8 Å². The van der Waals surface area contributed by atoms with Crippen LogP contribution in [-0.4, -0.2) is 51.2 Å². The number of methoxy groups -OCH3 is 1. The molecule has 1 N–H and O–H groups in total. The first kappa shape index (κ1) is 13.0. The van der Waals surface area contributed by atoms with E-state index in [9.17, 15) is 4.79 Å². The Labute approximate surface area is 97.3 Å². The molecule has 16 heavy (non-hydrogen) atoms. The molecule has 0 aromatic rings. The zero-order chi connectivity index (χ0) is 12.0. The van der Waals surface area contributed by atoms with E-state index in [1.165, 1.54) is 0 Å². The van der Waals surface area contributed by atoms with Crippen molar-refractivity contribution in [2.75, 3.05) is 40.4 Å². The largest absolute Gasteiger partial charge is 0.384 e. The predicted molar refractivity (Wildman–Crippen MR) is 62.8 cm³/mol. The number of hydrogen-bond donors (Lipinski definition) is 1. The van der Waals surface area contributed by atoms with Crippen LogP contribution in [0.5, 0.6) is 0 Å². The fourth-order valence-electron chi connectivity index (χ4n) is 2.19. The minimum absolute atomic E-state index is 0.0674. The van der Waals surface area contributed by atoms with Gasteiger partial charge in [-0.2, -0.15) is 0 Å². The quantitative estimate of drug-likeness (QED) is 0.681. The Balaban J connectivity index is 2.59. The molecule has 1 heterocycles. The molecular weight excluding hydrogens is 204 g/mol. The minimum Gasteiger partial charge on any atom is -0.384 e. The molecule has 0 radical (unpaired) electrons. The molecule has 0 aromatic heterocycles. The topological polar surface area (TPSA) is 41.6 Å². The molecule has 2 unspecified atom stereocenters. The van der Waals surface area contributed by atoms with E-state index < -0.39 is 0 Å². The summed E-state index contributed by atoms with van der Waals surface area (Å²) in [7, 11) is 3.63. The number of nitrogens with one attached hydrogen (secondary N) is 1. The Hall–Kier alpha value is -1.05. The summed E-state index contributed by atoms with van der Waals surface area (Å²) in [6.45, 7) is 4.84. The van der Waals surface area contributed by atoms with Gasteiger partial charge in [0.1, 0.15) is 0 Å². The van der Waals surface area contributed by atoms with Gasteiger partial charge in [0, 0.05) is 26.1 Å². The number of ether oxygens (including phenoxy) is 1. The number of rotatable bonds is 4. The number of amides is 1. The van der Waals surface area contributed by atoms with Crippen LogP contribution in [0.4, 0.5) is 0 Å². The third kappa shape index (κ3) is 3.22. The molecule has 90 valence electrons. The summed E-state index contributed by atoms with van der Waals surface area (Å²) in [4.78, 5) is 13.5. The summed E-state index contributed by atoms with van der Waals surface area (Å²) >= 11 is 0. The maximum absolute atomic E-state index is 11.6. The van der Waals surface area contributed by atoms with Crippen LogP contribution in [0.15, 0.2) is 0 Å². The third-order valence-corrected chi connectivity index (χ3v) is 2.94. The van der Waals surface area contributed by atoms with Crippen LogP contribution in [0.3, 0.4) is 0 Å². The smallest absolute Gasteiger partial charge is 0.298 e. The second-order valence-corrected chi connectivity index (χ2v) is 4.12. The van der Waals surface area contributed by atoms with Crippen LogP contribution < -0.4 is 5.32 Å². The van der Waals surface area contributed by atoms with Crippen LogP contribution in [0.2, 0.25) is 0 Å². The van der Waals surface area contributed by atoms with Gasteiger partial charge in [-0.05, 0) is 32.4 Å². The average molecular weight is 224 g/mol. The van der Waals surface area contributed by atoms with Crippen LogP contribution in [-0.2, 0) is 9.53 Å². The minimum atomic E-state index is -0.0674. The predicted octanol–water partition coefficient (Wildman–Crippen LogP) is -0.0499. The molecule has 1 saturated heterocycles. The van der Waals surface area contributed by atoms with Crippen LogP contribution >= 0.6 is 0 Å². The number of carbonyl (C=O) groups is 1. The van der Waals surface area contributed by atoms with Gasteiger partial charge in [0.15, 0.2) is 0 Å². The second-order valence-electron chi connectivity index (χ2n) is 4.12. The molecule has 1 rings (SSSR count). The molecule has 1 fully saturated rings. The summed E-state index contributed by atoms with van der Waals surface area (Å²) in [6.07, 6.45) is 0. The Morgan fingerprint density at radius 1 is 1.50 bits per heavy atom. The number of nitrogens with zero attached hydrogens (tertiary/aromatic N) is 1. The number of carbonyl (C=O) groups excluding carboxylic acids is 1. The normalized spacial score (nSPS) is 24.1. The molecule has 0 spiro atoms. The summed E-state index contributed by atoms with van der Waals surface area (Å²) in [5.74, 6) is 6.05. The lowest BCUT2D eigenvalue weighted by Crippen LogP contribution is -2.29. The Morgan fingerprint density at radius 2 is 2.19 bits per heavy atom. The van der Waals surface area contributed by atoms with Crippen LogP contribution in [0.25, 0.3) is 0 Å². The monoisotopic (exact) mass is 224 g/mol. The summed E-state index contributed by atoms with van der Waals surface area (Å²) in [5, 5.41) is 3.16. The van der Waals surface area contributed by atoms with E-state index in [4.69, 9.17) is 4.74 Å². The highest BCUT2D eigenvalue weighted by molar-refractivity contribution is 5.93. The molecular formula is C12H20N2O2. The van der Waals surface area contributed by atoms with E-state index >= 15 is 0 Å². The van der Waals surface area contributed by atoms with Crippen LogP contribution in [0, 0.1) is 23.7 Å². The molecule has 2 atom stereocenters. The average Bonchev–Trinajstić information content (AvgIpc) is 2.64. The lowest BCUT2D eigenvalue weighted by molar-refractivity contribution is -0.124. The van der Waals surface area contributed by atoms with Gasteiger partial charge in [-0.1, -0.05) is 5.92 Å². The molecule has 1 amide bonds. The van der Waals surface area contributed by atoms with Gasteiger partial charge < -0.3 is 15.0 Å². The molecule has 0 aromatic carbocycles. The van der Waals surface area contributed by atoms with Crippen LogP contribution in [0.1, 0.15) is 6.92 Å². The van der Waals surface area contributed by atoms with E-state index in [0.717, 1.165) is 19.6 Å². The SMILES string of the molecule is CC#CC(=O)N1CC(CNC)C(COC)C1. The molecule has 0 bridgehead atoms. The molecule has 1 aliphatic rings. The molecule has 0 aliphatic carbocycles. The summed E-state index contributed by atoms with van der Waals surface area (Å²) < 4.78 is 5.19. The van der Waals surface area contributed by atoms with Crippen molar-refractivity contribution in [3.8, 4) is 11.8 Å². The van der Waals surface area contributed by atoms with E-state index in [0.29, 0.717) is 18.4 Å².